The van der Waals surface area contributed by atoms with Crippen LogP contribution >= 0.6 is 35.0 Å². The number of hydrogen-bond donors (Lipinski definition) is 2. The van der Waals surface area contributed by atoms with Crippen molar-refractivity contribution >= 4 is 46.6 Å². The minimum atomic E-state index is -0.215. The van der Waals surface area contributed by atoms with Gasteiger partial charge in [-0.1, -0.05) is 53.2 Å². The number of hydrogen-bond acceptors (Lipinski definition) is 5. The summed E-state index contributed by atoms with van der Waals surface area (Å²) >= 11 is 13.3. The molecule has 0 atom stereocenters. The fourth-order valence-corrected chi connectivity index (χ4v) is 3.37. The fraction of sp³-hybridized carbons (Fsp3) is 0.118. The van der Waals surface area contributed by atoms with Crippen LogP contribution < -0.4 is 11.2 Å². The van der Waals surface area contributed by atoms with Gasteiger partial charge in [0.1, 0.15) is 0 Å². The van der Waals surface area contributed by atoms with Gasteiger partial charge < -0.3 is 11.2 Å². The third-order valence-electron chi connectivity index (χ3n) is 3.48. The molecule has 1 amide bonds. The maximum absolute atomic E-state index is 12.1. The fourth-order valence-electron chi connectivity index (χ4n) is 2.24. The van der Waals surface area contributed by atoms with Gasteiger partial charge in [-0.3, -0.25) is 4.79 Å². The molecule has 1 heterocycles. The Morgan fingerprint density at radius 1 is 1.23 bits per heavy atom. The number of nitrogens with one attached hydrogen (secondary N) is 1. The second-order valence-electron chi connectivity index (χ2n) is 5.51. The Morgan fingerprint density at radius 2 is 2.04 bits per heavy atom. The van der Waals surface area contributed by atoms with Gasteiger partial charge in [-0.2, -0.15) is 0 Å². The smallest absolute Gasteiger partial charge is 0.234 e. The Kier molecular flexibility index (Phi) is 5.70. The molecule has 0 aliphatic carbocycles. The topological polar surface area (TPSA) is 85.8 Å². The molecule has 3 rings (SSSR count). The molecule has 3 N–H and O–H groups in total. The first-order valence-corrected chi connectivity index (χ1v) is 9.33. The Hall–Kier alpha value is -2.22. The molecule has 2 aromatic carbocycles. The lowest BCUT2D eigenvalue weighted by Crippen LogP contribution is -2.16. The molecule has 3 aromatic rings. The van der Waals surface area contributed by atoms with Gasteiger partial charge in [-0.25, -0.2) is 4.68 Å². The number of nitrogen functional groups attached to an aromatic ring is 1. The number of carbonyl (C=O) groups excluding carboxylic acids is 1. The van der Waals surface area contributed by atoms with Gasteiger partial charge in [-0.05, 0) is 36.8 Å². The van der Waals surface area contributed by atoms with Crippen molar-refractivity contribution in [3.8, 4) is 11.4 Å². The van der Waals surface area contributed by atoms with E-state index in [-0.39, 0.29) is 11.7 Å². The highest BCUT2D eigenvalue weighted by molar-refractivity contribution is 7.99. The summed E-state index contributed by atoms with van der Waals surface area (Å²) in [5.41, 5.74) is 2.33. The zero-order chi connectivity index (χ0) is 18.7. The highest BCUT2D eigenvalue weighted by Crippen LogP contribution is 2.25. The number of amides is 1. The van der Waals surface area contributed by atoms with E-state index in [1.165, 1.54) is 16.4 Å². The second-order valence-corrected chi connectivity index (χ2v) is 7.29. The minimum absolute atomic E-state index is 0.120. The third-order valence-corrected chi connectivity index (χ3v) is 4.97. The zero-order valence-electron chi connectivity index (χ0n) is 13.7. The van der Waals surface area contributed by atoms with Crippen LogP contribution in [0.5, 0.6) is 0 Å². The summed E-state index contributed by atoms with van der Waals surface area (Å²) < 4.78 is 1.34. The zero-order valence-corrected chi connectivity index (χ0v) is 16.1. The van der Waals surface area contributed by atoms with E-state index in [1.807, 2.05) is 19.1 Å². The summed E-state index contributed by atoms with van der Waals surface area (Å²) in [5, 5.41) is 12.4. The van der Waals surface area contributed by atoms with Crippen LogP contribution in [0.3, 0.4) is 0 Å². The molecule has 26 heavy (non-hydrogen) atoms. The van der Waals surface area contributed by atoms with Crippen molar-refractivity contribution in [2.75, 3.05) is 16.9 Å². The number of nitrogens with two attached hydrogens (primary N) is 1. The van der Waals surface area contributed by atoms with Crippen molar-refractivity contribution in [2.24, 2.45) is 0 Å². The number of thioether (sulfide) groups is 1. The largest absolute Gasteiger partial charge is 0.335 e. The minimum Gasteiger partial charge on any atom is -0.335 e. The highest BCUT2D eigenvalue weighted by atomic mass is 35.5. The summed E-state index contributed by atoms with van der Waals surface area (Å²) in [4.78, 5) is 12.1. The van der Waals surface area contributed by atoms with Gasteiger partial charge >= 0.3 is 0 Å². The van der Waals surface area contributed by atoms with Crippen molar-refractivity contribution in [3.05, 3.63) is 58.1 Å². The van der Waals surface area contributed by atoms with E-state index in [1.54, 1.807) is 30.3 Å². The molecule has 0 fully saturated rings. The normalized spacial score (nSPS) is 10.7. The number of aryl methyl sites for hydroxylation is 1. The van der Waals surface area contributed by atoms with Crippen LogP contribution in [-0.2, 0) is 4.79 Å². The summed E-state index contributed by atoms with van der Waals surface area (Å²) in [6.45, 7) is 1.93. The lowest BCUT2D eigenvalue weighted by atomic mass is 10.2. The van der Waals surface area contributed by atoms with E-state index in [0.29, 0.717) is 26.7 Å². The maximum atomic E-state index is 12.1. The molecule has 1 aromatic heterocycles. The van der Waals surface area contributed by atoms with Crippen molar-refractivity contribution in [1.82, 2.24) is 14.9 Å². The molecule has 0 saturated carbocycles. The van der Waals surface area contributed by atoms with Crippen molar-refractivity contribution in [2.45, 2.75) is 12.1 Å². The van der Waals surface area contributed by atoms with Gasteiger partial charge in [-0.15, -0.1) is 10.2 Å². The van der Waals surface area contributed by atoms with E-state index >= 15 is 0 Å². The number of nitrogens with zero attached hydrogens (tertiary/aromatic N) is 3. The standard InChI is InChI=1S/C17H15Cl2N5OS/c1-10-5-6-14(13(19)7-10)21-15(25)9-26-17-23-22-16(24(17)20)11-3-2-4-12(18)8-11/h2-8H,9,20H2,1H3,(H,21,25). The Balaban J connectivity index is 1.66. The molecule has 0 aliphatic rings. The summed E-state index contributed by atoms with van der Waals surface area (Å²) in [6.07, 6.45) is 0. The van der Waals surface area contributed by atoms with Crippen LogP contribution in [0, 0.1) is 6.92 Å². The lowest BCUT2D eigenvalue weighted by Gasteiger charge is -2.08. The van der Waals surface area contributed by atoms with Crippen LogP contribution in [0.4, 0.5) is 5.69 Å². The summed E-state index contributed by atoms with van der Waals surface area (Å²) in [6, 6.07) is 12.6. The van der Waals surface area contributed by atoms with Crippen LogP contribution in [0.1, 0.15) is 5.56 Å². The monoisotopic (exact) mass is 407 g/mol. The molecule has 0 radical (unpaired) electrons. The molecule has 0 aliphatic heterocycles. The average Bonchev–Trinajstić information content (AvgIpc) is 2.96. The van der Waals surface area contributed by atoms with E-state index < -0.39 is 0 Å². The van der Waals surface area contributed by atoms with Crippen LogP contribution in [0.2, 0.25) is 10.0 Å². The highest BCUT2D eigenvalue weighted by Gasteiger charge is 2.14. The first-order valence-electron chi connectivity index (χ1n) is 7.59. The second kappa shape index (κ2) is 7.99. The first kappa shape index (κ1) is 18.6. The van der Waals surface area contributed by atoms with E-state index in [2.05, 4.69) is 15.5 Å². The lowest BCUT2D eigenvalue weighted by molar-refractivity contribution is -0.113. The SMILES string of the molecule is Cc1ccc(NC(=O)CSc2nnc(-c3cccc(Cl)c3)n2N)c(Cl)c1. The number of benzene rings is 2. The predicted molar refractivity (Wildman–Crippen MR) is 106 cm³/mol. The Labute approximate surface area is 164 Å². The molecule has 0 bridgehead atoms. The third kappa shape index (κ3) is 4.30. The number of anilines is 1. The van der Waals surface area contributed by atoms with Crippen molar-refractivity contribution in [3.63, 3.8) is 0 Å². The molecule has 9 heteroatoms. The van der Waals surface area contributed by atoms with Gasteiger partial charge in [0.05, 0.1) is 16.5 Å². The first-order chi connectivity index (χ1) is 12.4. The quantitative estimate of drug-likeness (QED) is 0.492. The van der Waals surface area contributed by atoms with Gasteiger partial charge in [0, 0.05) is 10.6 Å². The molecular weight excluding hydrogens is 393 g/mol. The summed E-state index contributed by atoms with van der Waals surface area (Å²) in [5.74, 6) is 6.41. The van der Waals surface area contributed by atoms with E-state index in [9.17, 15) is 4.79 Å². The average molecular weight is 408 g/mol. The molecule has 0 saturated heterocycles. The molecule has 0 spiro atoms. The number of carbonyl (C=O) groups is 1. The molecule has 134 valence electrons. The maximum Gasteiger partial charge on any atom is 0.234 e. The van der Waals surface area contributed by atoms with Crippen LogP contribution in [-0.4, -0.2) is 26.5 Å². The van der Waals surface area contributed by atoms with E-state index in [4.69, 9.17) is 29.0 Å². The Bertz CT molecular complexity index is 960. The van der Waals surface area contributed by atoms with E-state index in [0.717, 1.165) is 11.1 Å². The molecule has 0 unspecified atom stereocenters. The number of rotatable bonds is 5. The Morgan fingerprint density at radius 3 is 2.77 bits per heavy atom. The van der Waals surface area contributed by atoms with Crippen molar-refractivity contribution in [1.29, 1.82) is 0 Å². The number of halogens is 2. The summed E-state index contributed by atoms with van der Waals surface area (Å²) in [7, 11) is 0. The van der Waals surface area contributed by atoms with Crippen LogP contribution in [0.15, 0.2) is 47.6 Å². The van der Waals surface area contributed by atoms with Crippen molar-refractivity contribution < 1.29 is 4.79 Å². The van der Waals surface area contributed by atoms with Gasteiger partial charge in [0.15, 0.2) is 5.82 Å². The molecule has 6 nitrogen and oxygen atoms in total. The van der Waals surface area contributed by atoms with Gasteiger partial charge in [0.25, 0.3) is 0 Å². The predicted octanol–water partition coefficient (Wildman–Crippen LogP) is 4.00. The molecular formula is C17H15Cl2N5OS. The van der Waals surface area contributed by atoms with Gasteiger partial charge in [0.2, 0.25) is 11.1 Å². The number of aromatic nitrogens is 3. The van der Waals surface area contributed by atoms with Crippen LogP contribution in [0.25, 0.3) is 11.4 Å².